The van der Waals surface area contributed by atoms with E-state index in [4.69, 9.17) is 14.0 Å². The summed E-state index contributed by atoms with van der Waals surface area (Å²) in [5, 5.41) is 2.89. The minimum Gasteiger partial charge on any atom is -0.444 e. The fraction of sp³-hybridized carbons (Fsp3) is 0.529. The molecular weight excluding hydrogens is 565 g/mol. The zero-order valence-electron chi connectivity index (χ0n) is 27.2. The predicted molar refractivity (Wildman–Crippen MR) is 168 cm³/mol. The Morgan fingerprint density at radius 1 is 1.07 bits per heavy atom. The van der Waals surface area contributed by atoms with E-state index in [1.807, 2.05) is 60.6 Å². The summed E-state index contributed by atoms with van der Waals surface area (Å²) in [6, 6.07) is 8.41. The van der Waals surface area contributed by atoms with Crippen molar-refractivity contribution in [3.05, 3.63) is 76.9 Å². The van der Waals surface area contributed by atoms with Gasteiger partial charge in [-0.3, -0.25) is 9.69 Å². The van der Waals surface area contributed by atoms with Gasteiger partial charge >= 0.3 is 13.2 Å². The Morgan fingerprint density at radius 2 is 1.68 bits per heavy atom. The zero-order chi connectivity index (χ0) is 32.6. The molecule has 2 aromatic carbocycles. The van der Waals surface area contributed by atoms with Gasteiger partial charge in [-0.25, -0.2) is 13.6 Å². The predicted octanol–water partition coefficient (Wildman–Crippen LogP) is 6.18. The van der Waals surface area contributed by atoms with E-state index in [-0.39, 0.29) is 18.9 Å². The van der Waals surface area contributed by atoms with Crippen LogP contribution in [0, 0.1) is 11.6 Å². The molecule has 1 heterocycles. The van der Waals surface area contributed by atoms with Crippen molar-refractivity contribution in [2.75, 3.05) is 6.54 Å². The maximum absolute atomic E-state index is 14.0. The fourth-order valence-corrected chi connectivity index (χ4v) is 5.73. The second-order valence-corrected chi connectivity index (χ2v) is 13.9. The third-order valence-electron chi connectivity index (χ3n) is 8.56. The maximum Gasteiger partial charge on any atom is 0.494 e. The van der Waals surface area contributed by atoms with Crippen LogP contribution in [-0.2, 0) is 31.7 Å². The van der Waals surface area contributed by atoms with E-state index in [2.05, 4.69) is 18.0 Å². The molecule has 7 nitrogen and oxygen atoms in total. The van der Waals surface area contributed by atoms with Crippen LogP contribution in [0.3, 0.4) is 0 Å². The van der Waals surface area contributed by atoms with Gasteiger partial charge in [-0.05, 0) is 108 Å². The highest BCUT2D eigenvalue weighted by molar-refractivity contribution is 6.62. The van der Waals surface area contributed by atoms with Crippen LogP contribution < -0.4 is 10.8 Å². The van der Waals surface area contributed by atoms with Gasteiger partial charge < -0.3 is 19.4 Å². The lowest BCUT2D eigenvalue weighted by molar-refractivity contribution is -0.119. The number of carbonyl (C=O) groups is 2. The van der Waals surface area contributed by atoms with Gasteiger partial charge in [0.2, 0.25) is 5.91 Å². The van der Waals surface area contributed by atoms with Gasteiger partial charge in [-0.1, -0.05) is 30.4 Å². The van der Waals surface area contributed by atoms with E-state index in [1.54, 1.807) is 4.90 Å². The number of nitrogens with one attached hydrogen (secondary N) is 1. The standard InChI is InChI=1S/C34H45BF2N2O5/c1-21-10-11-24-12-13-25(35-43-33(6,7)34(8,9)44-35)19-29(24)30(21)39(31(41)42-32(3,4)5)15-14-28(38-22(2)40)18-23-16-26(36)20-27(37)17-23/h12-13,16-17,19-20,28,30H,1,10-11,14-15,18H2,2-9H3,(H,38,40)/t28-,30+/m1/s1. The van der Waals surface area contributed by atoms with Crippen LogP contribution in [0.25, 0.3) is 0 Å². The number of nitrogens with zero attached hydrogens (tertiary/aromatic N) is 1. The highest BCUT2D eigenvalue weighted by Crippen LogP contribution is 2.40. The van der Waals surface area contributed by atoms with Gasteiger partial charge in [0.15, 0.2) is 0 Å². The lowest BCUT2D eigenvalue weighted by atomic mass is 9.74. The van der Waals surface area contributed by atoms with Crippen LogP contribution in [0.2, 0.25) is 0 Å². The molecule has 0 saturated carbocycles. The molecule has 2 aliphatic rings. The van der Waals surface area contributed by atoms with Gasteiger partial charge in [0.1, 0.15) is 17.2 Å². The molecule has 238 valence electrons. The van der Waals surface area contributed by atoms with Crippen molar-refractivity contribution in [2.45, 2.75) is 110 Å². The zero-order valence-corrected chi connectivity index (χ0v) is 27.2. The molecule has 0 unspecified atom stereocenters. The number of ether oxygens (including phenoxy) is 1. The molecule has 1 N–H and O–H groups in total. The van der Waals surface area contributed by atoms with E-state index < -0.39 is 53.7 Å². The minimum absolute atomic E-state index is 0.185. The highest BCUT2D eigenvalue weighted by Gasteiger charge is 2.52. The van der Waals surface area contributed by atoms with Crippen molar-refractivity contribution in [1.82, 2.24) is 10.2 Å². The summed E-state index contributed by atoms with van der Waals surface area (Å²) in [5.41, 5.74) is 2.34. The summed E-state index contributed by atoms with van der Waals surface area (Å²) in [6.07, 6.45) is 1.44. The SMILES string of the molecule is C=C1CCc2ccc(B3OC(C)(C)C(C)(C)O3)cc2[C@H]1N(CC[C@H](Cc1cc(F)cc(F)c1)NC(C)=O)C(=O)OC(C)(C)C. The van der Waals surface area contributed by atoms with Gasteiger partial charge in [-0.2, -0.15) is 0 Å². The third kappa shape index (κ3) is 7.88. The molecule has 10 heteroatoms. The molecule has 0 bridgehead atoms. The van der Waals surface area contributed by atoms with Gasteiger partial charge in [-0.15, -0.1) is 0 Å². The van der Waals surface area contributed by atoms with Gasteiger partial charge in [0, 0.05) is 25.6 Å². The van der Waals surface area contributed by atoms with Crippen molar-refractivity contribution < 1.29 is 32.4 Å². The molecule has 0 aromatic heterocycles. The Labute approximate surface area is 260 Å². The van der Waals surface area contributed by atoms with E-state index >= 15 is 0 Å². The summed E-state index contributed by atoms with van der Waals surface area (Å²) >= 11 is 0. The molecule has 0 radical (unpaired) electrons. The average molecular weight is 611 g/mol. The highest BCUT2D eigenvalue weighted by atomic mass is 19.1. The first kappa shape index (κ1) is 33.7. The van der Waals surface area contributed by atoms with Crippen molar-refractivity contribution in [3.8, 4) is 0 Å². The van der Waals surface area contributed by atoms with Crippen LogP contribution in [0.4, 0.5) is 13.6 Å². The Hall–Kier alpha value is -3.24. The summed E-state index contributed by atoms with van der Waals surface area (Å²) in [5.74, 6) is -1.66. The molecular formula is C34H45BF2N2O5. The monoisotopic (exact) mass is 610 g/mol. The Kier molecular flexibility index (Phi) is 9.67. The van der Waals surface area contributed by atoms with Crippen LogP contribution in [-0.4, -0.2) is 53.4 Å². The number of benzene rings is 2. The molecule has 0 spiro atoms. The van der Waals surface area contributed by atoms with E-state index in [9.17, 15) is 18.4 Å². The Bertz CT molecular complexity index is 1380. The van der Waals surface area contributed by atoms with Crippen molar-refractivity contribution in [1.29, 1.82) is 0 Å². The molecule has 1 aliphatic carbocycles. The lowest BCUT2D eigenvalue weighted by Crippen LogP contribution is -2.45. The lowest BCUT2D eigenvalue weighted by Gasteiger charge is -2.39. The summed E-state index contributed by atoms with van der Waals surface area (Å²) in [4.78, 5) is 27.6. The van der Waals surface area contributed by atoms with E-state index in [0.29, 0.717) is 18.4 Å². The van der Waals surface area contributed by atoms with Gasteiger partial charge in [0.25, 0.3) is 0 Å². The van der Waals surface area contributed by atoms with Crippen LogP contribution >= 0.6 is 0 Å². The second-order valence-electron chi connectivity index (χ2n) is 13.9. The van der Waals surface area contributed by atoms with Crippen molar-refractivity contribution >= 4 is 24.6 Å². The number of hydrogen-bond donors (Lipinski definition) is 1. The fourth-order valence-electron chi connectivity index (χ4n) is 5.73. The minimum atomic E-state index is -0.755. The molecule has 1 saturated heterocycles. The number of rotatable bonds is 8. The smallest absolute Gasteiger partial charge is 0.444 e. The first-order valence-electron chi connectivity index (χ1n) is 15.2. The second kappa shape index (κ2) is 12.6. The van der Waals surface area contributed by atoms with Crippen LogP contribution in [0.15, 0.2) is 48.6 Å². The molecule has 4 rings (SSSR count). The van der Waals surface area contributed by atoms with Crippen molar-refractivity contribution in [3.63, 3.8) is 0 Å². The topological polar surface area (TPSA) is 77.1 Å². The Balaban J connectivity index is 1.68. The van der Waals surface area contributed by atoms with Crippen LogP contribution in [0.1, 0.15) is 91.0 Å². The summed E-state index contributed by atoms with van der Waals surface area (Å²) in [6.45, 7) is 19.4. The normalized spacial score (nSPS) is 19.7. The number of aryl methyl sites for hydroxylation is 1. The number of fused-ring (bicyclic) bond motifs is 1. The molecule has 1 fully saturated rings. The van der Waals surface area contributed by atoms with Gasteiger partial charge in [0.05, 0.1) is 17.2 Å². The molecule has 2 aromatic rings. The first-order chi connectivity index (χ1) is 20.3. The molecule has 2 atom stereocenters. The summed E-state index contributed by atoms with van der Waals surface area (Å²) < 4.78 is 46.4. The largest absolute Gasteiger partial charge is 0.494 e. The third-order valence-corrected chi connectivity index (χ3v) is 8.56. The first-order valence-corrected chi connectivity index (χ1v) is 15.2. The molecule has 2 amide bonds. The number of amides is 2. The molecule has 1 aliphatic heterocycles. The quantitative estimate of drug-likeness (QED) is 0.285. The number of hydrogen-bond acceptors (Lipinski definition) is 5. The average Bonchev–Trinajstić information content (AvgIpc) is 3.09. The summed E-state index contributed by atoms with van der Waals surface area (Å²) in [7, 11) is -0.577. The van der Waals surface area contributed by atoms with Crippen LogP contribution in [0.5, 0.6) is 0 Å². The number of halogens is 2. The Morgan fingerprint density at radius 3 is 2.25 bits per heavy atom. The number of carbonyl (C=O) groups excluding carboxylic acids is 2. The van der Waals surface area contributed by atoms with Crippen molar-refractivity contribution in [2.24, 2.45) is 0 Å². The van der Waals surface area contributed by atoms with E-state index in [0.717, 1.165) is 34.6 Å². The molecule has 44 heavy (non-hydrogen) atoms. The maximum atomic E-state index is 14.0. The van der Waals surface area contributed by atoms with E-state index in [1.165, 1.54) is 19.1 Å².